The van der Waals surface area contributed by atoms with Gasteiger partial charge in [0.05, 0.1) is 11.4 Å². The number of urea groups is 1. The lowest BCUT2D eigenvalue weighted by molar-refractivity contribution is -0.117. The van der Waals surface area contributed by atoms with Gasteiger partial charge in [-0.1, -0.05) is 47.8 Å². The normalized spacial score (nSPS) is 12.8. The third-order valence-corrected chi connectivity index (χ3v) is 6.14. The van der Waals surface area contributed by atoms with E-state index >= 15 is 0 Å². The van der Waals surface area contributed by atoms with E-state index < -0.39 is 6.03 Å². The number of imide groups is 1. The van der Waals surface area contributed by atoms with Crippen LogP contribution >= 0.6 is 23.5 Å². The number of hydrogen-bond donors (Lipinski definition) is 2. The van der Waals surface area contributed by atoms with Crippen molar-refractivity contribution in [1.82, 2.24) is 5.32 Å². The van der Waals surface area contributed by atoms with Gasteiger partial charge in [-0.25, -0.2) is 9.79 Å². The monoisotopic (exact) mass is 385 g/mol. The molecule has 0 atom stereocenters. The number of aliphatic imine (C=N–C) groups is 1. The molecule has 1 aliphatic rings. The van der Waals surface area contributed by atoms with Gasteiger partial charge in [0.25, 0.3) is 0 Å². The van der Waals surface area contributed by atoms with Crippen molar-refractivity contribution in [2.75, 3.05) is 11.1 Å². The van der Waals surface area contributed by atoms with Crippen LogP contribution in [0.1, 0.15) is 16.7 Å². The molecule has 2 aromatic rings. The molecule has 2 N–H and O–H groups in total. The fraction of sp³-hybridized carbons (Fsp3) is 0.211. The van der Waals surface area contributed by atoms with Crippen LogP contribution in [-0.4, -0.2) is 22.1 Å². The van der Waals surface area contributed by atoms with Gasteiger partial charge >= 0.3 is 6.03 Å². The summed E-state index contributed by atoms with van der Waals surface area (Å²) in [5, 5.41) is 5.02. The lowest BCUT2D eigenvalue weighted by atomic mass is 10.1. The van der Waals surface area contributed by atoms with Gasteiger partial charge in [-0.05, 0) is 48.7 Å². The number of thioether (sulfide) groups is 2. The van der Waals surface area contributed by atoms with Crippen LogP contribution in [0.15, 0.2) is 47.5 Å². The highest BCUT2D eigenvalue weighted by Crippen LogP contribution is 2.34. The van der Waals surface area contributed by atoms with E-state index in [1.165, 1.54) is 17.3 Å². The summed E-state index contributed by atoms with van der Waals surface area (Å²) in [5.41, 5.74) is 5.03. The maximum absolute atomic E-state index is 12.0. The second-order valence-electron chi connectivity index (χ2n) is 5.89. The van der Waals surface area contributed by atoms with Crippen LogP contribution in [-0.2, 0) is 10.5 Å². The van der Waals surface area contributed by atoms with Gasteiger partial charge in [0, 0.05) is 11.4 Å². The molecule has 0 unspecified atom stereocenters. The Bertz CT molecular complexity index is 881. The summed E-state index contributed by atoms with van der Waals surface area (Å²) in [6, 6.07) is 13.1. The number of rotatable bonds is 3. The van der Waals surface area contributed by atoms with Crippen LogP contribution < -0.4 is 10.6 Å². The van der Waals surface area contributed by atoms with Crippen LogP contribution in [0, 0.1) is 13.8 Å². The van der Waals surface area contributed by atoms with E-state index in [1.807, 2.05) is 50.2 Å². The molecule has 134 valence electrons. The number of benzene rings is 2. The molecule has 0 radical (unpaired) electrons. The predicted octanol–water partition coefficient (Wildman–Crippen LogP) is 4.62. The van der Waals surface area contributed by atoms with Crippen LogP contribution in [0.3, 0.4) is 0 Å². The molecule has 5 nitrogen and oxygen atoms in total. The second-order valence-corrected chi connectivity index (χ2v) is 8.07. The standard InChI is InChI=1S/C19H19N3O2S2/c1-12-7-8-15(9-13(12)2)20-18(24)22-17(23)11-26-19-21-16-6-4-3-5-14(16)10-25-19/h3-9H,10-11H2,1-2H3,(H2,20,22,23,24). The number of aryl methyl sites for hydroxylation is 2. The molecule has 0 aliphatic carbocycles. The van der Waals surface area contributed by atoms with Crippen LogP contribution in [0.5, 0.6) is 0 Å². The van der Waals surface area contributed by atoms with Crippen molar-refractivity contribution >= 4 is 51.2 Å². The van der Waals surface area contributed by atoms with Gasteiger partial charge in [0.1, 0.15) is 4.38 Å². The third-order valence-electron chi connectivity index (χ3n) is 3.90. The van der Waals surface area contributed by atoms with Gasteiger partial charge < -0.3 is 5.32 Å². The molecule has 26 heavy (non-hydrogen) atoms. The number of para-hydroxylation sites is 1. The molecule has 7 heteroatoms. The minimum Gasteiger partial charge on any atom is -0.308 e. The Kier molecular flexibility index (Phi) is 6.00. The van der Waals surface area contributed by atoms with E-state index in [-0.39, 0.29) is 11.7 Å². The zero-order valence-electron chi connectivity index (χ0n) is 14.5. The Hall–Kier alpha value is -2.25. The number of hydrogen-bond acceptors (Lipinski definition) is 5. The van der Waals surface area contributed by atoms with Crippen molar-refractivity contribution in [2.45, 2.75) is 19.6 Å². The molecule has 0 spiro atoms. The largest absolute Gasteiger partial charge is 0.325 e. The second kappa shape index (κ2) is 8.42. The zero-order valence-corrected chi connectivity index (χ0v) is 16.2. The van der Waals surface area contributed by atoms with E-state index in [1.54, 1.807) is 11.8 Å². The van der Waals surface area contributed by atoms with Crippen molar-refractivity contribution in [2.24, 2.45) is 4.99 Å². The molecule has 1 heterocycles. The van der Waals surface area contributed by atoms with Crippen molar-refractivity contribution in [3.05, 3.63) is 59.2 Å². The van der Waals surface area contributed by atoms with E-state index in [0.717, 1.165) is 26.9 Å². The lowest BCUT2D eigenvalue weighted by Gasteiger charge is -2.14. The first-order valence-corrected chi connectivity index (χ1v) is 10.1. The summed E-state index contributed by atoms with van der Waals surface area (Å²) in [6.07, 6.45) is 0. The fourth-order valence-corrected chi connectivity index (χ4v) is 4.22. The summed E-state index contributed by atoms with van der Waals surface area (Å²) in [6.45, 7) is 3.98. The topological polar surface area (TPSA) is 70.6 Å². The minimum absolute atomic E-state index is 0.147. The Morgan fingerprint density at radius 1 is 1.15 bits per heavy atom. The van der Waals surface area contributed by atoms with E-state index in [0.29, 0.717) is 5.69 Å². The molecule has 0 bridgehead atoms. The lowest BCUT2D eigenvalue weighted by Crippen LogP contribution is -2.35. The quantitative estimate of drug-likeness (QED) is 0.809. The van der Waals surface area contributed by atoms with Gasteiger partial charge in [-0.3, -0.25) is 10.1 Å². The smallest absolute Gasteiger partial charge is 0.308 e. The third kappa shape index (κ3) is 4.89. The molecule has 0 fully saturated rings. The van der Waals surface area contributed by atoms with Crippen molar-refractivity contribution < 1.29 is 9.59 Å². The Morgan fingerprint density at radius 3 is 2.77 bits per heavy atom. The molecule has 2 aromatic carbocycles. The zero-order chi connectivity index (χ0) is 18.5. The highest BCUT2D eigenvalue weighted by Gasteiger charge is 2.15. The number of carbonyl (C=O) groups is 2. The van der Waals surface area contributed by atoms with Crippen molar-refractivity contribution in [1.29, 1.82) is 0 Å². The summed E-state index contributed by atoms with van der Waals surface area (Å²) < 4.78 is 0.841. The number of carbonyl (C=O) groups excluding carboxylic acids is 2. The fourth-order valence-electron chi connectivity index (χ4n) is 2.36. The Labute approximate surface area is 161 Å². The number of fused-ring (bicyclic) bond motifs is 1. The van der Waals surface area contributed by atoms with E-state index in [9.17, 15) is 9.59 Å². The number of amides is 3. The van der Waals surface area contributed by atoms with Crippen molar-refractivity contribution in [3.63, 3.8) is 0 Å². The van der Waals surface area contributed by atoms with Crippen LogP contribution in [0.4, 0.5) is 16.2 Å². The number of anilines is 1. The van der Waals surface area contributed by atoms with Gasteiger partial charge in [-0.2, -0.15) is 0 Å². The first-order chi connectivity index (χ1) is 12.5. The van der Waals surface area contributed by atoms with Crippen molar-refractivity contribution in [3.8, 4) is 0 Å². The van der Waals surface area contributed by atoms with Gasteiger partial charge in [0.2, 0.25) is 5.91 Å². The highest BCUT2D eigenvalue weighted by molar-refractivity contribution is 8.38. The van der Waals surface area contributed by atoms with E-state index in [2.05, 4.69) is 21.7 Å². The van der Waals surface area contributed by atoms with E-state index in [4.69, 9.17) is 0 Å². The minimum atomic E-state index is -0.526. The summed E-state index contributed by atoms with van der Waals surface area (Å²) in [7, 11) is 0. The maximum atomic E-state index is 12.0. The average molecular weight is 386 g/mol. The van der Waals surface area contributed by atoms with Crippen LogP contribution in [0.25, 0.3) is 0 Å². The maximum Gasteiger partial charge on any atom is 0.325 e. The first kappa shape index (κ1) is 18.5. The number of nitrogens with zero attached hydrogens (tertiary/aromatic N) is 1. The summed E-state index contributed by atoms with van der Waals surface area (Å²) in [5.74, 6) is 0.643. The van der Waals surface area contributed by atoms with Gasteiger partial charge in [-0.15, -0.1) is 0 Å². The van der Waals surface area contributed by atoms with Gasteiger partial charge in [0.15, 0.2) is 0 Å². The molecular formula is C19H19N3O2S2. The number of nitrogens with one attached hydrogen (secondary N) is 2. The molecular weight excluding hydrogens is 366 g/mol. The Balaban J connectivity index is 1.49. The Morgan fingerprint density at radius 2 is 1.96 bits per heavy atom. The van der Waals surface area contributed by atoms with Crippen LogP contribution in [0.2, 0.25) is 0 Å². The highest BCUT2D eigenvalue weighted by atomic mass is 32.2. The molecule has 0 saturated carbocycles. The average Bonchev–Trinajstić information content (AvgIpc) is 2.63. The summed E-state index contributed by atoms with van der Waals surface area (Å²) >= 11 is 2.95. The summed E-state index contributed by atoms with van der Waals surface area (Å²) in [4.78, 5) is 28.5. The molecule has 3 rings (SSSR count). The molecule has 3 amide bonds. The SMILES string of the molecule is Cc1ccc(NC(=O)NC(=O)CSC2=Nc3ccccc3CS2)cc1C. The molecule has 0 aromatic heterocycles. The first-order valence-electron chi connectivity index (χ1n) is 8.11. The molecule has 1 aliphatic heterocycles. The molecule has 0 saturated heterocycles. The predicted molar refractivity (Wildman–Crippen MR) is 110 cm³/mol.